The van der Waals surface area contributed by atoms with Crippen LogP contribution in [-0.4, -0.2) is 37.7 Å². The molecule has 0 saturated carbocycles. The third-order valence-corrected chi connectivity index (χ3v) is 5.63. The Bertz CT molecular complexity index is 747. The van der Waals surface area contributed by atoms with Crippen molar-refractivity contribution in [2.75, 3.05) is 13.7 Å². The Morgan fingerprint density at radius 2 is 2.00 bits per heavy atom. The SMILES string of the molecule is COC(=O)c1cc(Cc2ccnc(OCC[Si](C)(C)C)n2)ccc1Cl. The summed E-state index contributed by atoms with van der Waals surface area (Å²) in [4.78, 5) is 20.3. The molecule has 0 saturated heterocycles. The summed E-state index contributed by atoms with van der Waals surface area (Å²) in [5.74, 6) is -0.454. The van der Waals surface area contributed by atoms with Gasteiger partial charge in [-0.2, -0.15) is 4.98 Å². The van der Waals surface area contributed by atoms with E-state index >= 15 is 0 Å². The summed E-state index contributed by atoms with van der Waals surface area (Å²) in [6.07, 6.45) is 2.23. The molecule has 0 aliphatic heterocycles. The van der Waals surface area contributed by atoms with E-state index in [1.165, 1.54) is 7.11 Å². The standard InChI is InChI=1S/C18H23ClN2O3Si/c1-23-17(22)15-12-13(5-6-16(15)19)11-14-7-8-20-18(21-14)24-9-10-25(2,3)4/h5-8,12H,9-11H2,1-4H3. The van der Waals surface area contributed by atoms with Gasteiger partial charge in [0.25, 0.3) is 0 Å². The van der Waals surface area contributed by atoms with Crippen LogP contribution in [0.5, 0.6) is 6.01 Å². The lowest BCUT2D eigenvalue weighted by atomic mass is 10.1. The lowest BCUT2D eigenvalue weighted by molar-refractivity contribution is 0.0601. The molecule has 0 atom stereocenters. The molecule has 0 aliphatic carbocycles. The van der Waals surface area contributed by atoms with Crippen molar-refractivity contribution in [3.63, 3.8) is 0 Å². The van der Waals surface area contributed by atoms with Crippen molar-refractivity contribution in [1.29, 1.82) is 0 Å². The number of carbonyl (C=O) groups excluding carboxylic acids is 1. The maximum absolute atomic E-state index is 11.7. The zero-order valence-corrected chi connectivity index (χ0v) is 16.8. The molecule has 0 aliphatic rings. The second-order valence-corrected chi connectivity index (χ2v) is 13.0. The van der Waals surface area contributed by atoms with Crippen molar-refractivity contribution in [3.8, 4) is 6.01 Å². The summed E-state index contributed by atoms with van der Waals surface area (Å²) < 4.78 is 10.4. The molecule has 2 aromatic rings. The van der Waals surface area contributed by atoms with Gasteiger partial charge in [0.2, 0.25) is 0 Å². The fourth-order valence-corrected chi connectivity index (χ4v) is 3.06. The minimum atomic E-state index is -1.15. The smallest absolute Gasteiger partial charge is 0.339 e. The Labute approximate surface area is 154 Å². The highest BCUT2D eigenvalue weighted by Gasteiger charge is 2.14. The summed E-state index contributed by atoms with van der Waals surface area (Å²) in [6.45, 7) is 7.53. The van der Waals surface area contributed by atoms with E-state index in [-0.39, 0.29) is 0 Å². The molecule has 0 spiro atoms. The van der Waals surface area contributed by atoms with E-state index in [1.807, 2.05) is 12.1 Å². The van der Waals surface area contributed by atoms with Gasteiger partial charge in [-0.05, 0) is 29.8 Å². The number of aromatic nitrogens is 2. The van der Waals surface area contributed by atoms with Gasteiger partial charge in [-0.25, -0.2) is 9.78 Å². The van der Waals surface area contributed by atoms with E-state index in [2.05, 4.69) is 29.6 Å². The van der Waals surface area contributed by atoms with Gasteiger partial charge in [0.05, 0.1) is 30.0 Å². The maximum Gasteiger partial charge on any atom is 0.339 e. The summed E-state index contributed by atoms with van der Waals surface area (Å²) in [5.41, 5.74) is 2.08. The largest absolute Gasteiger partial charge is 0.465 e. The number of hydrogen-bond donors (Lipinski definition) is 0. The number of hydrogen-bond acceptors (Lipinski definition) is 5. The van der Waals surface area contributed by atoms with E-state index in [0.29, 0.717) is 29.6 Å². The van der Waals surface area contributed by atoms with Crippen LogP contribution in [0.4, 0.5) is 0 Å². The first-order valence-corrected chi connectivity index (χ1v) is 12.2. The van der Waals surface area contributed by atoms with Crippen LogP contribution in [-0.2, 0) is 11.2 Å². The van der Waals surface area contributed by atoms with Crippen molar-refractivity contribution < 1.29 is 14.3 Å². The van der Waals surface area contributed by atoms with Gasteiger partial charge in [-0.1, -0.05) is 37.3 Å². The molecule has 0 radical (unpaired) electrons. The van der Waals surface area contributed by atoms with Gasteiger partial charge < -0.3 is 9.47 Å². The fourth-order valence-electron chi connectivity index (χ4n) is 2.15. The van der Waals surface area contributed by atoms with Crippen LogP contribution in [0, 0.1) is 0 Å². The quantitative estimate of drug-likeness (QED) is 0.533. The number of benzene rings is 1. The third-order valence-electron chi connectivity index (χ3n) is 3.60. The monoisotopic (exact) mass is 378 g/mol. The van der Waals surface area contributed by atoms with Gasteiger partial charge in [0, 0.05) is 20.7 Å². The van der Waals surface area contributed by atoms with Crippen LogP contribution in [0.2, 0.25) is 30.7 Å². The lowest BCUT2D eigenvalue weighted by Crippen LogP contribution is -2.22. The molecule has 0 unspecified atom stereocenters. The normalized spacial score (nSPS) is 11.2. The number of ether oxygens (including phenoxy) is 2. The molecule has 25 heavy (non-hydrogen) atoms. The predicted octanol–water partition coefficient (Wildman–Crippen LogP) is 4.22. The maximum atomic E-state index is 11.7. The van der Waals surface area contributed by atoms with Crippen LogP contribution in [0.3, 0.4) is 0 Å². The predicted molar refractivity (Wildman–Crippen MR) is 101 cm³/mol. The van der Waals surface area contributed by atoms with E-state index in [0.717, 1.165) is 17.3 Å². The van der Waals surface area contributed by atoms with E-state index < -0.39 is 14.0 Å². The molecule has 5 nitrogen and oxygen atoms in total. The average Bonchev–Trinajstić information content (AvgIpc) is 2.55. The fraction of sp³-hybridized carbons (Fsp3) is 0.389. The highest BCUT2D eigenvalue weighted by atomic mass is 35.5. The Hall–Kier alpha value is -1.92. The summed E-state index contributed by atoms with van der Waals surface area (Å²) in [6, 6.07) is 8.55. The van der Waals surface area contributed by atoms with Gasteiger partial charge >= 0.3 is 12.0 Å². The first-order valence-electron chi connectivity index (χ1n) is 8.10. The Morgan fingerprint density at radius 1 is 1.24 bits per heavy atom. The molecule has 0 N–H and O–H groups in total. The van der Waals surface area contributed by atoms with Crippen molar-refractivity contribution in [1.82, 2.24) is 9.97 Å². The van der Waals surface area contributed by atoms with Gasteiger partial charge in [-0.3, -0.25) is 0 Å². The van der Waals surface area contributed by atoms with Gasteiger partial charge in [0.15, 0.2) is 0 Å². The van der Waals surface area contributed by atoms with E-state index in [9.17, 15) is 4.79 Å². The molecule has 1 heterocycles. The van der Waals surface area contributed by atoms with Crippen molar-refractivity contribution in [2.24, 2.45) is 0 Å². The Kier molecular flexibility index (Phi) is 6.55. The summed E-state index contributed by atoms with van der Waals surface area (Å²) in [7, 11) is 0.185. The molecule has 0 fully saturated rings. The third kappa shape index (κ3) is 6.14. The minimum Gasteiger partial charge on any atom is -0.465 e. The van der Waals surface area contributed by atoms with Gasteiger partial charge in [-0.15, -0.1) is 0 Å². The van der Waals surface area contributed by atoms with Crippen LogP contribution in [0.15, 0.2) is 30.5 Å². The number of halogens is 1. The molecule has 7 heteroatoms. The minimum absolute atomic E-state index is 0.349. The number of carbonyl (C=O) groups is 1. The molecule has 1 aromatic heterocycles. The molecule has 0 amide bonds. The van der Waals surface area contributed by atoms with Gasteiger partial charge in [0.1, 0.15) is 0 Å². The van der Waals surface area contributed by atoms with Crippen LogP contribution < -0.4 is 4.74 Å². The summed E-state index contributed by atoms with van der Waals surface area (Å²) >= 11 is 6.05. The first kappa shape index (κ1) is 19.4. The molecular weight excluding hydrogens is 356 g/mol. The molecule has 0 bridgehead atoms. The Morgan fingerprint density at radius 3 is 2.68 bits per heavy atom. The first-order chi connectivity index (χ1) is 11.8. The van der Waals surface area contributed by atoms with Crippen LogP contribution in [0.25, 0.3) is 0 Å². The topological polar surface area (TPSA) is 61.3 Å². The van der Waals surface area contributed by atoms with Crippen molar-refractivity contribution >= 4 is 25.6 Å². The molecule has 134 valence electrons. The number of nitrogens with zero attached hydrogens (tertiary/aromatic N) is 2. The van der Waals surface area contributed by atoms with E-state index in [4.69, 9.17) is 21.1 Å². The summed E-state index contributed by atoms with van der Waals surface area (Å²) in [5, 5.41) is 0.369. The Balaban J connectivity index is 2.08. The zero-order valence-electron chi connectivity index (χ0n) is 15.0. The molecule has 2 rings (SSSR count). The van der Waals surface area contributed by atoms with Crippen molar-refractivity contribution in [2.45, 2.75) is 32.1 Å². The second kappa shape index (κ2) is 8.45. The molecular formula is C18H23ClN2O3Si. The molecule has 1 aromatic carbocycles. The average molecular weight is 379 g/mol. The van der Waals surface area contributed by atoms with E-state index in [1.54, 1.807) is 18.3 Å². The number of esters is 1. The highest BCUT2D eigenvalue weighted by molar-refractivity contribution is 6.76. The second-order valence-electron chi connectivity index (χ2n) is 6.97. The lowest BCUT2D eigenvalue weighted by Gasteiger charge is -2.15. The number of rotatable bonds is 7. The van der Waals surface area contributed by atoms with Crippen molar-refractivity contribution in [3.05, 3.63) is 52.3 Å². The van der Waals surface area contributed by atoms with Crippen LogP contribution in [0.1, 0.15) is 21.6 Å². The van der Waals surface area contributed by atoms with Crippen LogP contribution >= 0.6 is 11.6 Å². The highest BCUT2D eigenvalue weighted by Crippen LogP contribution is 2.20. The zero-order chi connectivity index (χ0) is 18.4. The number of methoxy groups -OCH3 is 1.